The quantitative estimate of drug-likeness (QED) is 0.597. The number of benzene rings is 2. The van der Waals surface area contributed by atoms with E-state index in [-0.39, 0.29) is 17.4 Å². The molecule has 2 aromatic carbocycles. The molecule has 0 spiro atoms. The highest BCUT2D eigenvalue weighted by Crippen LogP contribution is 2.33. The number of para-hydroxylation sites is 1. The Morgan fingerprint density at radius 1 is 1.11 bits per heavy atom. The maximum atomic E-state index is 13.6. The Balaban J connectivity index is 2.06. The van der Waals surface area contributed by atoms with Gasteiger partial charge < -0.3 is 10.6 Å². The lowest BCUT2D eigenvalue weighted by Crippen LogP contribution is -2.36. The van der Waals surface area contributed by atoms with E-state index in [1.54, 1.807) is 30.3 Å². The summed E-state index contributed by atoms with van der Waals surface area (Å²) in [7, 11) is 0. The second-order valence-corrected chi connectivity index (χ2v) is 6.56. The zero-order valence-corrected chi connectivity index (χ0v) is 15.6. The van der Waals surface area contributed by atoms with Crippen molar-refractivity contribution >= 4 is 17.4 Å². The van der Waals surface area contributed by atoms with Crippen molar-refractivity contribution in [2.45, 2.75) is 32.0 Å². The molecule has 0 radical (unpaired) electrons. The third-order valence-electron chi connectivity index (χ3n) is 4.47. The van der Waals surface area contributed by atoms with Crippen LogP contribution < -0.4 is 10.6 Å². The van der Waals surface area contributed by atoms with Gasteiger partial charge in [-0.25, -0.2) is 9.98 Å². The fourth-order valence-corrected chi connectivity index (χ4v) is 3.05. The van der Waals surface area contributed by atoms with Gasteiger partial charge in [0.1, 0.15) is 5.84 Å². The zero-order chi connectivity index (χ0) is 20.0. The number of alkyl halides is 3. The summed E-state index contributed by atoms with van der Waals surface area (Å²) in [5, 5.41) is 6.59. The minimum absolute atomic E-state index is 0.0313. The molecule has 1 unspecified atom stereocenters. The Kier molecular flexibility index (Phi) is 6.46. The van der Waals surface area contributed by atoms with Gasteiger partial charge in [0.25, 0.3) is 0 Å². The number of rotatable bonds is 4. The van der Waals surface area contributed by atoms with Gasteiger partial charge in [0.2, 0.25) is 0 Å². The van der Waals surface area contributed by atoms with Crippen molar-refractivity contribution < 1.29 is 13.2 Å². The SMILES string of the molecule is CC/C(=N\C(=N/c1ccccc1)c1ccccc1C(F)(F)F)NC1CCNC1. The molecule has 1 heterocycles. The summed E-state index contributed by atoms with van der Waals surface area (Å²) in [6.07, 6.45) is -2.97. The van der Waals surface area contributed by atoms with E-state index in [1.807, 2.05) is 13.0 Å². The molecule has 148 valence electrons. The van der Waals surface area contributed by atoms with Gasteiger partial charge >= 0.3 is 6.18 Å². The highest BCUT2D eigenvalue weighted by Gasteiger charge is 2.34. The lowest BCUT2D eigenvalue weighted by atomic mass is 10.1. The van der Waals surface area contributed by atoms with Gasteiger partial charge in [-0.2, -0.15) is 13.2 Å². The average Bonchev–Trinajstić information content (AvgIpc) is 3.20. The van der Waals surface area contributed by atoms with E-state index in [0.717, 1.165) is 25.6 Å². The Morgan fingerprint density at radius 3 is 2.46 bits per heavy atom. The molecular weight excluding hydrogens is 365 g/mol. The van der Waals surface area contributed by atoms with E-state index in [4.69, 9.17) is 0 Å². The lowest BCUT2D eigenvalue weighted by Gasteiger charge is -2.16. The number of hydrogen-bond donors (Lipinski definition) is 2. The van der Waals surface area contributed by atoms with Crippen molar-refractivity contribution in [1.29, 1.82) is 0 Å². The largest absolute Gasteiger partial charge is 0.417 e. The Labute approximate surface area is 162 Å². The van der Waals surface area contributed by atoms with Crippen molar-refractivity contribution in [3.8, 4) is 0 Å². The van der Waals surface area contributed by atoms with Crippen molar-refractivity contribution in [3.63, 3.8) is 0 Å². The van der Waals surface area contributed by atoms with Gasteiger partial charge in [0.15, 0.2) is 5.84 Å². The molecule has 1 aliphatic rings. The van der Waals surface area contributed by atoms with Crippen molar-refractivity contribution in [2.24, 2.45) is 9.98 Å². The van der Waals surface area contributed by atoms with Gasteiger partial charge in [0, 0.05) is 24.6 Å². The first kappa shape index (κ1) is 20.1. The minimum Gasteiger partial charge on any atom is -0.369 e. The molecule has 0 amide bonds. The molecule has 28 heavy (non-hydrogen) atoms. The van der Waals surface area contributed by atoms with Crippen LogP contribution in [-0.4, -0.2) is 30.8 Å². The fourth-order valence-electron chi connectivity index (χ4n) is 3.05. The fraction of sp³-hybridized carbons (Fsp3) is 0.333. The lowest BCUT2D eigenvalue weighted by molar-refractivity contribution is -0.137. The molecule has 1 saturated heterocycles. The summed E-state index contributed by atoms with van der Waals surface area (Å²) in [4.78, 5) is 8.96. The summed E-state index contributed by atoms with van der Waals surface area (Å²) in [5.74, 6) is 0.676. The predicted octanol–water partition coefficient (Wildman–Crippen LogP) is 4.54. The van der Waals surface area contributed by atoms with E-state index in [2.05, 4.69) is 20.6 Å². The number of nitrogens with one attached hydrogen (secondary N) is 2. The van der Waals surface area contributed by atoms with Gasteiger partial charge in [-0.15, -0.1) is 0 Å². The maximum absolute atomic E-state index is 13.6. The van der Waals surface area contributed by atoms with Crippen LogP contribution in [0.2, 0.25) is 0 Å². The molecular formula is C21H23F3N4. The highest BCUT2D eigenvalue weighted by atomic mass is 19.4. The van der Waals surface area contributed by atoms with Crippen molar-refractivity contribution in [2.75, 3.05) is 13.1 Å². The van der Waals surface area contributed by atoms with Crippen LogP contribution >= 0.6 is 0 Å². The molecule has 0 aromatic heterocycles. The molecule has 2 aromatic rings. The average molecular weight is 388 g/mol. The first-order valence-electron chi connectivity index (χ1n) is 9.32. The summed E-state index contributed by atoms with van der Waals surface area (Å²) >= 11 is 0. The Morgan fingerprint density at radius 2 is 1.82 bits per heavy atom. The minimum atomic E-state index is -4.49. The van der Waals surface area contributed by atoms with E-state index < -0.39 is 11.7 Å². The molecule has 4 nitrogen and oxygen atoms in total. The number of halogens is 3. The van der Waals surface area contributed by atoms with Crippen LogP contribution in [0.4, 0.5) is 18.9 Å². The third kappa shape index (κ3) is 5.19. The van der Waals surface area contributed by atoms with Crippen molar-refractivity contribution in [3.05, 3.63) is 65.7 Å². The molecule has 1 aliphatic heterocycles. The van der Waals surface area contributed by atoms with Gasteiger partial charge in [-0.05, 0) is 31.2 Å². The summed E-state index contributed by atoms with van der Waals surface area (Å²) in [5.41, 5.74) is -0.223. The molecule has 0 saturated carbocycles. The number of aliphatic imine (C=N–C) groups is 2. The zero-order valence-electron chi connectivity index (χ0n) is 15.6. The first-order valence-corrected chi connectivity index (χ1v) is 9.32. The second kappa shape index (κ2) is 9.01. The molecule has 2 N–H and O–H groups in total. The van der Waals surface area contributed by atoms with Gasteiger partial charge in [-0.1, -0.05) is 43.3 Å². The van der Waals surface area contributed by atoms with E-state index >= 15 is 0 Å². The normalized spacial score (nSPS) is 18.4. The third-order valence-corrected chi connectivity index (χ3v) is 4.47. The monoisotopic (exact) mass is 388 g/mol. The van der Waals surface area contributed by atoms with Crippen LogP contribution in [0.15, 0.2) is 64.6 Å². The number of amidine groups is 2. The van der Waals surface area contributed by atoms with E-state index in [0.29, 0.717) is 17.9 Å². The molecule has 0 bridgehead atoms. The highest BCUT2D eigenvalue weighted by molar-refractivity contribution is 6.08. The van der Waals surface area contributed by atoms with Gasteiger partial charge in [-0.3, -0.25) is 0 Å². The van der Waals surface area contributed by atoms with Crippen LogP contribution in [0.5, 0.6) is 0 Å². The van der Waals surface area contributed by atoms with Crippen LogP contribution in [0.1, 0.15) is 30.9 Å². The topological polar surface area (TPSA) is 48.8 Å². The van der Waals surface area contributed by atoms with Crippen LogP contribution in [0, 0.1) is 0 Å². The maximum Gasteiger partial charge on any atom is 0.417 e. The standard InChI is InChI=1S/C21H23F3N4/c1-2-19(26-16-12-13-25-14-16)28-20(27-15-8-4-3-5-9-15)17-10-6-7-11-18(17)21(22,23)24/h3-11,16,25H,2,12-14H2,1H3,(H,26,27,28). The number of nitrogens with zero attached hydrogens (tertiary/aromatic N) is 2. The molecule has 3 rings (SSSR count). The molecule has 1 atom stereocenters. The molecule has 7 heteroatoms. The first-order chi connectivity index (χ1) is 13.5. The van der Waals surface area contributed by atoms with E-state index in [9.17, 15) is 13.2 Å². The van der Waals surface area contributed by atoms with Crippen LogP contribution in [0.3, 0.4) is 0 Å². The summed E-state index contributed by atoms with van der Waals surface area (Å²) in [6.45, 7) is 3.64. The molecule has 1 fully saturated rings. The van der Waals surface area contributed by atoms with Crippen LogP contribution in [-0.2, 0) is 6.18 Å². The Bertz CT molecular complexity index is 838. The molecule has 0 aliphatic carbocycles. The summed E-state index contributed by atoms with van der Waals surface area (Å²) in [6, 6.07) is 14.5. The number of hydrogen-bond acceptors (Lipinski definition) is 2. The predicted molar refractivity (Wildman–Crippen MR) is 106 cm³/mol. The summed E-state index contributed by atoms with van der Waals surface area (Å²) < 4.78 is 40.7. The van der Waals surface area contributed by atoms with Crippen molar-refractivity contribution in [1.82, 2.24) is 10.6 Å². The van der Waals surface area contributed by atoms with E-state index in [1.165, 1.54) is 12.1 Å². The van der Waals surface area contributed by atoms with Crippen LogP contribution in [0.25, 0.3) is 0 Å². The second-order valence-electron chi connectivity index (χ2n) is 6.56. The smallest absolute Gasteiger partial charge is 0.369 e. The Hall–Kier alpha value is -2.67. The van der Waals surface area contributed by atoms with Gasteiger partial charge in [0.05, 0.1) is 11.3 Å².